The maximum Gasteiger partial charge on any atom is 0.329 e. The van der Waals surface area contributed by atoms with Gasteiger partial charge in [0.25, 0.3) is 5.56 Å². The van der Waals surface area contributed by atoms with Crippen molar-refractivity contribution in [2.45, 2.75) is 6.54 Å². The number of hydrogen-bond acceptors (Lipinski definition) is 4. The van der Waals surface area contributed by atoms with E-state index in [-0.39, 0.29) is 0 Å². The minimum atomic E-state index is -0.436. The molecule has 7 nitrogen and oxygen atoms in total. The van der Waals surface area contributed by atoms with E-state index < -0.39 is 11.2 Å². The van der Waals surface area contributed by atoms with Gasteiger partial charge in [-0.3, -0.25) is 19.4 Å². The lowest BCUT2D eigenvalue weighted by molar-refractivity contribution is 0.744. The van der Waals surface area contributed by atoms with Gasteiger partial charge in [-0.1, -0.05) is 30.3 Å². The molecule has 0 amide bonds. The lowest BCUT2D eigenvalue weighted by atomic mass is 10.1. The van der Waals surface area contributed by atoms with Crippen LogP contribution in [-0.2, 0) is 13.6 Å². The molecule has 118 valence electrons. The van der Waals surface area contributed by atoms with Gasteiger partial charge in [-0.05, 0) is 6.07 Å². The van der Waals surface area contributed by atoms with E-state index >= 15 is 0 Å². The fourth-order valence-electron chi connectivity index (χ4n) is 2.45. The number of aromatic nitrogens is 4. The summed E-state index contributed by atoms with van der Waals surface area (Å²) in [7, 11) is 3.43. The van der Waals surface area contributed by atoms with Crippen molar-refractivity contribution in [3.63, 3.8) is 0 Å². The minimum absolute atomic E-state index is 0.412. The third kappa shape index (κ3) is 3.08. The zero-order chi connectivity index (χ0) is 16.4. The van der Waals surface area contributed by atoms with Gasteiger partial charge >= 0.3 is 5.69 Å². The Morgan fingerprint density at radius 1 is 1.17 bits per heavy atom. The third-order valence-electron chi connectivity index (χ3n) is 3.64. The molecule has 3 aromatic rings. The molecule has 0 saturated heterocycles. The quantitative estimate of drug-likeness (QED) is 0.755. The van der Waals surface area contributed by atoms with Crippen molar-refractivity contribution in [1.29, 1.82) is 0 Å². The minimum Gasteiger partial charge on any atom is -0.355 e. The van der Waals surface area contributed by atoms with E-state index in [1.54, 1.807) is 7.05 Å². The van der Waals surface area contributed by atoms with Crippen LogP contribution in [0.15, 0.2) is 52.1 Å². The highest BCUT2D eigenvalue weighted by molar-refractivity contribution is 5.59. The first kappa shape index (κ1) is 14.8. The van der Waals surface area contributed by atoms with Crippen LogP contribution in [0.5, 0.6) is 0 Å². The summed E-state index contributed by atoms with van der Waals surface area (Å²) in [6.45, 7) is 0.497. The monoisotopic (exact) mass is 311 g/mol. The van der Waals surface area contributed by atoms with Crippen LogP contribution < -0.4 is 16.1 Å². The molecule has 0 aliphatic carbocycles. The lowest BCUT2D eigenvalue weighted by Gasteiger charge is -2.20. The van der Waals surface area contributed by atoms with Crippen LogP contribution in [0.25, 0.3) is 11.3 Å². The van der Waals surface area contributed by atoms with Crippen molar-refractivity contribution >= 4 is 5.82 Å². The van der Waals surface area contributed by atoms with Gasteiger partial charge in [0.1, 0.15) is 5.82 Å². The van der Waals surface area contributed by atoms with Crippen molar-refractivity contribution in [3.05, 3.63) is 69.0 Å². The molecule has 23 heavy (non-hydrogen) atoms. The molecular weight excluding hydrogens is 294 g/mol. The highest BCUT2D eigenvalue weighted by Gasteiger charge is 2.10. The van der Waals surface area contributed by atoms with Crippen molar-refractivity contribution in [1.82, 2.24) is 19.7 Å². The van der Waals surface area contributed by atoms with Gasteiger partial charge in [-0.25, -0.2) is 4.79 Å². The van der Waals surface area contributed by atoms with E-state index in [9.17, 15) is 9.59 Å². The van der Waals surface area contributed by atoms with Gasteiger partial charge < -0.3 is 4.90 Å². The Morgan fingerprint density at radius 3 is 2.65 bits per heavy atom. The Morgan fingerprint density at radius 2 is 1.91 bits per heavy atom. The summed E-state index contributed by atoms with van der Waals surface area (Å²) >= 11 is 0. The molecule has 2 N–H and O–H groups in total. The van der Waals surface area contributed by atoms with Gasteiger partial charge in [0.05, 0.1) is 17.9 Å². The van der Waals surface area contributed by atoms with Crippen LogP contribution in [0.2, 0.25) is 0 Å². The zero-order valence-electron chi connectivity index (χ0n) is 12.9. The first-order chi connectivity index (χ1) is 11.0. The van der Waals surface area contributed by atoms with Crippen molar-refractivity contribution < 1.29 is 0 Å². The number of nitrogens with one attached hydrogen (secondary N) is 2. The first-order valence-corrected chi connectivity index (χ1v) is 7.16. The van der Waals surface area contributed by atoms with Crippen LogP contribution in [0, 0.1) is 0 Å². The summed E-state index contributed by atoms with van der Waals surface area (Å²) in [6, 6.07) is 13.2. The Kier molecular flexibility index (Phi) is 3.84. The van der Waals surface area contributed by atoms with Gasteiger partial charge in [0.2, 0.25) is 0 Å². The van der Waals surface area contributed by atoms with Crippen molar-refractivity contribution in [3.8, 4) is 11.3 Å². The standard InChI is InChI=1S/C16H17N5O2/c1-20(15-9-14(22)17-16(23)21(15)2)10-12-8-13(19-18-12)11-6-4-3-5-7-11/h3-9H,10H2,1-2H3,(H,18,19)(H,17,22,23). The summed E-state index contributed by atoms with van der Waals surface area (Å²) in [5.74, 6) is 0.537. The number of rotatable bonds is 4. The summed E-state index contributed by atoms with van der Waals surface area (Å²) < 4.78 is 1.40. The SMILES string of the molecule is CN(Cc1cc(-c2ccccc2)n[nH]1)c1cc(=O)[nH]c(=O)n1C. The smallest absolute Gasteiger partial charge is 0.329 e. The van der Waals surface area contributed by atoms with Crippen LogP contribution in [0.1, 0.15) is 5.69 Å². The second-order valence-corrected chi connectivity index (χ2v) is 5.36. The molecule has 0 atom stereocenters. The highest BCUT2D eigenvalue weighted by atomic mass is 16.2. The highest BCUT2D eigenvalue weighted by Crippen LogP contribution is 2.18. The number of hydrogen-bond donors (Lipinski definition) is 2. The fraction of sp³-hybridized carbons (Fsp3) is 0.188. The van der Waals surface area contributed by atoms with E-state index in [0.717, 1.165) is 17.0 Å². The van der Waals surface area contributed by atoms with Crippen LogP contribution in [-0.4, -0.2) is 26.8 Å². The molecule has 0 saturated carbocycles. The van der Waals surface area contributed by atoms with Crippen LogP contribution >= 0.6 is 0 Å². The predicted octanol–water partition coefficient (Wildman–Crippen LogP) is 1.10. The number of H-pyrrole nitrogens is 2. The molecule has 7 heteroatoms. The average Bonchev–Trinajstić information content (AvgIpc) is 3.00. The second kappa shape index (κ2) is 5.96. The maximum atomic E-state index is 11.7. The number of nitrogens with zero attached hydrogens (tertiary/aromatic N) is 3. The largest absolute Gasteiger partial charge is 0.355 e. The normalized spacial score (nSPS) is 10.7. The van der Waals surface area contributed by atoms with E-state index in [0.29, 0.717) is 12.4 Å². The van der Waals surface area contributed by atoms with Crippen LogP contribution in [0.4, 0.5) is 5.82 Å². The lowest BCUT2D eigenvalue weighted by Crippen LogP contribution is -2.33. The average molecular weight is 311 g/mol. The Labute approximate surface area is 132 Å². The summed E-state index contributed by atoms with van der Waals surface area (Å²) in [5.41, 5.74) is 1.92. The second-order valence-electron chi connectivity index (χ2n) is 5.36. The van der Waals surface area contributed by atoms with E-state index in [1.807, 2.05) is 48.3 Å². The van der Waals surface area contributed by atoms with Crippen molar-refractivity contribution in [2.75, 3.05) is 11.9 Å². The van der Waals surface area contributed by atoms with E-state index in [2.05, 4.69) is 15.2 Å². The Bertz CT molecular complexity index is 923. The van der Waals surface area contributed by atoms with Gasteiger partial charge in [-0.15, -0.1) is 0 Å². The van der Waals surface area contributed by atoms with E-state index in [4.69, 9.17) is 0 Å². The molecule has 0 unspecified atom stereocenters. The molecule has 0 radical (unpaired) electrons. The number of benzene rings is 1. The number of aromatic amines is 2. The molecular formula is C16H17N5O2. The molecule has 0 aliphatic heterocycles. The van der Waals surface area contributed by atoms with Gasteiger partial charge in [-0.2, -0.15) is 5.10 Å². The zero-order valence-corrected chi connectivity index (χ0v) is 12.9. The summed E-state index contributed by atoms with van der Waals surface area (Å²) in [5, 5.41) is 7.29. The van der Waals surface area contributed by atoms with Crippen molar-refractivity contribution in [2.24, 2.45) is 7.05 Å². The topological polar surface area (TPSA) is 86.8 Å². The molecule has 2 heterocycles. The Hall–Kier alpha value is -3.09. The third-order valence-corrected chi connectivity index (χ3v) is 3.64. The van der Waals surface area contributed by atoms with Gasteiger partial charge in [0, 0.05) is 25.7 Å². The molecule has 0 fully saturated rings. The molecule has 3 rings (SSSR count). The Balaban J connectivity index is 1.84. The fourth-order valence-corrected chi connectivity index (χ4v) is 2.45. The first-order valence-electron chi connectivity index (χ1n) is 7.16. The molecule has 0 spiro atoms. The molecule has 1 aromatic carbocycles. The van der Waals surface area contributed by atoms with Crippen LogP contribution in [0.3, 0.4) is 0 Å². The molecule has 2 aromatic heterocycles. The number of anilines is 1. The molecule has 0 bridgehead atoms. The summed E-state index contributed by atoms with van der Waals surface area (Å²) in [6.07, 6.45) is 0. The van der Waals surface area contributed by atoms with Gasteiger partial charge in [0.15, 0.2) is 0 Å². The predicted molar refractivity (Wildman–Crippen MR) is 88.4 cm³/mol. The summed E-state index contributed by atoms with van der Waals surface area (Å²) in [4.78, 5) is 27.2. The maximum absolute atomic E-state index is 11.7. The molecule has 0 aliphatic rings. The van der Waals surface area contributed by atoms with E-state index in [1.165, 1.54) is 10.6 Å².